The van der Waals surface area contributed by atoms with Crippen LogP contribution >= 0.6 is 0 Å². The van der Waals surface area contributed by atoms with Gasteiger partial charge in [0.05, 0.1) is 12.7 Å². The lowest BCUT2D eigenvalue weighted by Gasteiger charge is -2.10. The van der Waals surface area contributed by atoms with E-state index in [2.05, 4.69) is 32.5 Å². The Balaban J connectivity index is 1.30. The lowest BCUT2D eigenvalue weighted by atomic mass is 10.1. The van der Waals surface area contributed by atoms with E-state index in [0.29, 0.717) is 24.9 Å². The Bertz CT molecular complexity index is 1160. The summed E-state index contributed by atoms with van der Waals surface area (Å²) in [4.78, 5) is 11.7. The number of H-pyrrole nitrogens is 1. The van der Waals surface area contributed by atoms with Gasteiger partial charge >= 0.3 is 0 Å². The number of aliphatic imine (C=N–C) groups is 1. The molecule has 6 nitrogen and oxygen atoms in total. The van der Waals surface area contributed by atoms with Crippen LogP contribution in [0.3, 0.4) is 0 Å². The second kappa shape index (κ2) is 8.82. The Kier molecular flexibility index (Phi) is 5.79. The van der Waals surface area contributed by atoms with E-state index in [4.69, 9.17) is 4.42 Å². The molecule has 0 spiro atoms. The van der Waals surface area contributed by atoms with Gasteiger partial charge in [-0.3, -0.25) is 4.99 Å². The molecular formula is C23H24FN5O. The van der Waals surface area contributed by atoms with E-state index in [0.717, 1.165) is 34.2 Å². The van der Waals surface area contributed by atoms with Crippen molar-refractivity contribution in [1.29, 1.82) is 0 Å². The van der Waals surface area contributed by atoms with Gasteiger partial charge in [0.15, 0.2) is 11.7 Å². The molecule has 0 saturated heterocycles. The van der Waals surface area contributed by atoms with Crippen LogP contribution in [0, 0.1) is 12.7 Å². The van der Waals surface area contributed by atoms with Gasteiger partial charge < -0.3 is 20.0 Å². The number of hydrogen-bond donors (Lipinski definition) is 3. The first-order chi connectivity index (χ1) is 14.6. The van der Waals surface area contributed by atoms with Crippen LogP contribution in [0.5, 0.6) is 0 Å². The molecule has 0 atom stereocenters. The van der Waals surface area contributed by atoms with E-state index in [1.54, 1.807) is 25.4 Å². The van der Waals surface area contributed by atoms with Crippen LogP contribution in [0.4, 0.5) is 4.39 Å². The molecule has 0 aliphatic carbocycles. The van der Waals surface area contributed by atoms with Crippen molar-refractivity contribution in [1.82, 2.24) is 20.6 Å². The molecule has 2 aromatic heterocycles. The molecule has 4 aromatic rings. The number of aryl methyl sites for hydroxylation is 1. The van der Waals surface area contributed by atoms with Crippen LogP contribution in [-0.2, 0) is 13.0 Å². The average molecular weight is 405 g/mol. The minimum Gasteiger partial charge on any atom is -0.439 e. The molecule has 3 N–H and O–H groups in total. The van der Waals surface area contributed by atoms with E-state index in [1.807, 2.05) is 30.5 Å². The minimum atomic E-state index is -0.232. The second-order valence-corrected chi connectivity index (χ2v) is 7.09. The monoisotopic (exact) mass is 405 g/mol. The number of nitrogens with one attached hydrogen (secondary N) is 3. The molecule has 0 aliphatic rings. The first-order valence-electron chi connectivity index (χ1n) is 9.84. The van der Waals surface area contributed by atoms with Crippen molar-refractivity contribution in [3.05, 3.63) is 77.7 Å². The third-order valence-electron chi connectivity index (χ3n) is 4.94. The van der Waals surface area contributed by atoms with Gasteiger partial charge in [0.1, 0.15) is 5.82 Å². The molecule has 7 heteroatoms. The number of oxazole rings is 1. The van der Waals surface area contributed by atoms with Crippen molar-refractivity contribution in [2.24, 2.45) is 4.99 Å². The highest BCUT2D eigenvalue weighted by Gasteiger charge is 2.08. The lowest BCUT2D eigenvalue weighted by molar-refractivity contribution is 0.497. The Morgan fingerprint density at radius 3 is 2.80 bits per heavy atom. The van der Waals surface area contributed by atoms with Crippen LogP contribution in [-0.4, -0.2) is 29.5 Å². The number of aromatic nitrogens is 2. The van der Waals surface area contributed by atoms with Crippen LogP contribution < -0.4 is 10.6 Å². The molecule has 2 aromatic carbocycles. The zero-order chi connectivity index (χ0) is 20.9. The zero-order valence-corrected chi connectivity index (χ0v) is 17.0. The number of benzene rings is 2. The van der Waals surface area contributed by atoms with Crippen LogP contribution in [0.25, 0.3) is 22.2 Å². The lowest BCUT2D eigenvalue weighted by Crippen LogP contribution is -2.37. The standard InChI is InChI=1S/C23H24FN5O/c1-15-3-5-16(6-4-15)21-13-28-22(30-21)14-29-23(25-2)26-10-9-17-12-27-20-8-7-18(24)11-19(17)20/h3-8,11-13,27H,9-10,14H2,1-2H3,(H2,25,26,29). The van der Waals surface area contributed by atoms with Crippen molar-refractivity contribution in [2.45, 2.75) is 19.9 Å². The zero-order valence-electron chi connectivity index (χ0n) is 17.0. The highest BCUT2D eigenvalue weighted by molar-refractivity contribution is 5.83. The fraction of sp³-hybridized carbons (Fsp3) is 0.217. The maximum absolute atomic E-state index is 13.5. The molecule has 0 saturated carbocycles. The van der Waals surface area contributed by atoms with Crippen molar-refractivity contribution < 1.29 is 8.81 Å². The molecule has 2 heterocycles. The Morgan fingerprint density at radius 1 is 1.17 bits per heavy atom. The number of hydrogen-bond acceptors (Lipinski definition) is 3. The summed E-state index contributed by atoms with van der Waals surface area (Å²) < 4.78 is 19.3. The molecule has 4 rings (SSSR count). The summed E-state index contributed by atoms with van der Waals surface area (Å²) in [7, 11) is 1.71. The molecule has 0 aliphatic heterocycles. The first kappa shape index (κ1) is 19.7. The molecule has 0 amide bonds. The van der Waals surface area contributed by atoms with Crippen LogP contribution in [0.2, 0.25) is 0 Å². The van der Waals surface area contributed by atoms with Gasteiger partial charge in [-0.05, 0) is 37.1 Å². The highest BCUT2D eigenvalue weighted by atomic mass is 19.1. The normalized spacial score (nSPS) is 11.8. The maximum Gasteiger partial charge on any atom is 0.214 e. The summed E-state index contributed by atoms with van der Waals surface area (Å²) in [6.07, 6.45) is 4.39. The number of halogens is 1. The summed E-state index contributed by atoms with van der Waals surface area (Å²) in [6, 6.07) is 12.9. The quantitative estimate of drug-likeness (QED) is 0.332. The minimum absolute atomic E-state index is 0.232. The molecule has 0 unspecified atom stereocenters. The first-order valence-corrected chi connectivity index (χ1v) is 9.84. The molecule has 0 radical (unpaired) electrons. The number of rotatable bonds is 6. The number of nitrogens with zero attached hydrogens (tertiary/aromatic N) is 2. The van der Waals surface area contributed by atoms with Crippen molar-refractivity contribution in [2.75, 3.05) is 13.6 Å². The second-order valence-electron chi connectivity index (χ2n) is 7.09. The van der Waals surface area contributed by atoms with Crippen LogP contribution in [0.1, 0.15) is 17.0 Å². The summed E-state index contributed by atoms with van der Waals surface area (Å²) in [5.41, 5.74) is 4.19. The summed E-state index contributed by atoms with van der Waals surface area (Å²) in [6.45, 7) is 3.13. The number of fused-ring (bicyclic) bond motifs is 1. The van der Waals surface area contributed by atoms with E-state index < -0.39 is 0 Å². The molecule has 154 valence electrons. The average Bonchev–Trinajstić information content (AvgIpc) is 3.38. The van der Waals surface area contributed by atoms with Crippen molar-refractivity contribution in [3.63, 3.8) is 0 Å². The third-order valence-corrected chi connectivity index (χ3v) is 4.94. The topological polar surface area (TPSA) is 78.2 Å². The molecule has 0 fully saturated rings. The summed E-state index contributed by atoms with van der Waals surface area (Å²) in [5, 5.41) is 7.37. The SMILES string of the molecule is CN=C(NCCc1c[nH]c2ccc(F)cc12)NCc1ncc(-c2ccc(C)cc2)o1. The Morgan fingerprint density at radius 2 is 2.00 bits per heavy atom. The maximum atomic E-state index is 13.5. The van der Waals surface area contributed by atoms with Gasteiger partial charge in [-0.2, -0.15) is 0 Å². The van der Waals surface area contributed by atoms with E-state index in [9.17, 15) is 4.39 Å². The Hall–Kier alpha value is -3.61. The predicted octanol–water partition coefficient (Wildman–Crippen LogP) is 4.18. The van der Waals surface area contributed by atoms with Crippen molar-refractivity contribution in [3.8, 4) is 11.3 Å². The van der Waals surface area contributed by atoms with E-state index in [-0.39, 0.29) is 5.82 Å². The highest BCUT2D eigenvalue weighted by Crippen LogP contribution is 2.21. The predicted molar refractivity (Wildman–Crippen MR) is 117 cm³/mol. The van der Waals surface area contributed by atoms with Crippen molar-refractivity contribution >= 4 is 16.9 Å². The van der Waals surface area contributed by atoms with Crippen LogP contribution in [0.15, 0.2) is 64.3 Å². The van der Waals surface area contributed by atoms with Gasteiger partial charge in [0, 0.05) is 36.3 Å². The van der Waals surface area contributed by atoms with Gasteiger partial charge in [-0.1, -0.05) is 29.8 Å². The third kappa shape index (κ3) is 4.51. The van der Waals surface area contributed by atoms with Gasteiger partial charge in [0.25, 0.3) is 0 Å². The largest absolute Gasteiger partial charge is 0.439 e. The number of aromatic amines is 1. The Labute approximate surface area is 174 Å². The molecule has 0 bridgehead atoms. The summed E-state index contributed by atoms with van der Waals surface area (Å²) in [5.74, 6) is 1.74. The summed E-state index contributed by atoms with van der Waals surface area (Å²) >= 11 is 0. The van der Waals surface area contributed by atoms with E-state index >= 15 is 0 Å². The fourth-order valence-corrected chi connectivity index (χ4v) is 3.30. The van der Waals surface area contributed by atoms with Gasteiger partial charge in [0.2, 0.25) is 5.89 Å². The smallest absolute Gasteiger partial charge is 0.214 e. The fourth-order valence-electron chi connectivity index (χ4n) is 3.30. The number of guanidine groups is 1. The molecular weight excluding hydrogens is 381 g/mol. The van der Waals surface area contributed by atoms with Gasteiger partial charge in [-0.15, -0.1) is 0 Å². The van der Waals surface area contributed by atoms with Gasteiger partial charge in [-0.25, -0.2) is 9.37 Å². The van der Waals surface area contributed by atoms with E-state index in [1.165, 1.54) is 11.6 Å². The molecule has 30 heavy (non-hydrogen) atoms.